The maximum Gasteiger partial charge on any atom is 0.148 e. The number of anilines is 1. The Morgan fingerprint density at radius 1 is 1.12 bits per heavy atom. The van der Waals surface area contributed by atoms with E-state index in [1.165, 1.54) is 19.3 Å². The minimum absolute atomic E-state index is 0.475. The molecule has 24 heavy (non-hydrogen) atoms. The van der Waals surface area contributed by atoms with Crippen LogP contribution in [-0.2, 0) is 9.47 Å². The zero-order valence-corrected chi connectivity index (χ0v) is 14.6. The van der Waals surface area contributed by atoms with Crippen LogP contribution in [0.5, 0.6) is 5.75 Å². The molecule has 1 saturated heterocycles. The lowest BCUT2D eigenvalue weighted by Gasteiger charge is -2.29. The van der Waals surface area contributed by atoms with Crippen molar-refractivity contribution in [2.75, 3.05) is 51.0 Å². The van der Waals surface area contributed by atoms with E-state index in [9.17, 15) is 0 Å². The van der Waals surface area contributed by atoms with E-state index in [0.717, 1.165) is 45.0 Å². The van der Waals surface area contributed by atoms with Gasteiger partial charge < -0.3 is 19.1 Å². The van der Waals surface area contributed by atoms with Crippen LogP contribution in [0.15, 0.2) is 23.3 Å². The van der Waals surface area contributed by atoms with Crippen molar-refractivity contribution in [3.05, 3.63) is 18.2 Å². The fourth-order valence-corrected chi connectivity index (χ4v) is 2.67. The quantitative estimate of drug-likeness (QED) is 0.487. The van der Waals surface area contributed by atoms with E-state index in [1.807, 2.05) is 18.2 Å². The third-order valence-electron chi connectivity index (χ3n) is 4.07. The fourth-order valence-electron chi connectivity index (χ4n) is 2.67. The SMILES string of the molecule is CCCCCCOCCOc1cc(N2CCOCC2)ccc1N=N. The van der Waals surface area contributed by atoms with E-state index in [4.69, 9.17) is 19.7 Å². The molecule has 0 aromatic heterocycles. The van der Waals surface area contributed by atoms with Crippen molar-refractivity contribution >= 4 is 11.4 Å². The van der Waals surface area contributed by atoms with Gasteiger partial charge in [-0.1, -0.05) is 26.2 Å². The van der Waals surface area contributed by atoms with E-state index in [2.05, 4.69) is 16.9 Å². The molecule has 0 spiro atoms. The van der Waals surface area contributed by atoms with Crippen molar-refractivity contribution in [1.29, 1.82) is 5.53 Å². The summed E-state index contributed by atoms with van der Waals surface area (Å²) in [4.78, 5) is 2.26. The highest BCUT2D eigenvalue weighted by molar-refractivity contribution is 5.61. The number of rotatable bonds is 11. The van der Waals surface area contributed by atoms with E-state index in [0.29, 0.717) is 24.7 Å². The molecule has 1 aliphatic rings. The van der Waals surface area contributed by atoms with Gasteiger partial charge in [0.1, 0.15) is 18.0 Å². The van der Waals surface area contributed by atoms with Gasteiger partial charge >= 0.3 is 0 Å². The molecule has 1 aromatic carbocycles. The smallest absolute Gasteiger partial charge is 0.148 e. The molecule has 1 aromatic rings. The van der Waals surface area contributed by atoms with Crippen LogP contribution in [0.4, 0.5) is 11.4 Å². The second kappa shape index (κ2) is 11.0. The maximum atomic E-state index is 7.29. The largest absolute Gasteiger partial charge is 0.489 e. The van der Waals surface area contributed by atoms with E-state index in [-0.39, 0.29) is 0 Å². The average Bonchev–Trinajstić information content (AvgIpc) is 2.64. The molecule has 0 atom stereocenters. The number of hydrogen-bond acceptors (Lipinski definition) is 6. The molecule has 0 radical (unpaired) electrons. The average molecular weight is 335 g/mol. The Balaban J connectivity index is 1.78. The molecule has 0 amide bonds. The number of morpholine rings is 1. The third kappa shape index (κ3) is 6.09. The highest BCUT2D eigenvalue weighted by Gasteiger charge is 2.13. The van der Waals surface area contributed by atoms with Crippen LogP contribution in [0.3, 0.4) is 0 Å². The van der Waals surface area contributed by atoms with E-state index >= 15 is 0 Å². The van der Waals surface area contributed by atoms with Crippen molar-refractivity contribution in [3.8, 4) is 5.75 Å². The number of hydrogen-bond donors (Lipinski definition) is 1. The van der Waals surface area contributed by atoms with E-state index < -0.39 is 0 Å². The number of ether oxygens (including phenoxy) is 3. The molecule has 0 unspecified atom stereocenters. The van der Waals surface area contributed by atoms with Gasteiger partial charge in [-0.05, 0) is 18.6 Å². The van der Waals surface area contributed by atoms with Gasteiger partial charge in [0, 0.05) is 31.5 Å². The zero-order valence-electron chi connectivity index (χ0n) is 14.6. The number of nitrogens with one attached hydrogen (secondary N) is 1. The molecular weight excluding hydrogens is 306 g/mol. The van der Waals surface area contributed by atoms with Crippen LogP contribution in [0.25, 0.3) is 0 Å². The Morgan fingerprint density at radius 2 is 1.96 bits per heavy atom. The van der Waals surface area contributed by atoms with Gasteiger partial charge in [-0.15, -0.1) is 0 Å². The van der Waals surface area contributed by atoms with E-state index in [1.54, 1.807) is 0 Å². The highest BCUT2D eigenvalue weighted by atomic mass is 16.5. The summed E-state index contributed by atoms with van der Waals surface area (Å²) in [5, 5.41) is 3.55. The van der Waals surface area contributed by atoms with Gasteiger partial charge in [0.25, 0.3) is 0 Å². The summed E-state index contributed by atoms with van der Waals surface area (Å²) in [6, 6.07) is 5.77. The fraction of sp³-hybridized carbons (Fsp3) is 0.667. The first kappa shape index (κ1) is 18.7. The van der Waals surface area contributed by atoms with Crippen LogP contribution in [0.1, 0.15) is 32.6 Å². The maximum absolute atomic E-state index is 7.29. The first-order valence-corrected chi connectivity index (χ1v) is 8.90. The lowest BCUT2D eigenvalue weighted by molar-refractivity contribution is 0.0973. The van der Waals surface area contributed by atoms with Gasteiger partial charge in [-0.2, -0.15) is 5.11 Å². The Morgan fingerprint density at radius 3 is 2.71 bits per heavy atom. The van der Waals surface area contributed by atoms with Crippen LogP contribution in [0, 0.1) is 5.53 Å². The van der Waals surface area contributed by atoms with Gasteiger partial charge in [0.15, 0.2) is 0 Å². The molecule has 1 aliphatic heterocycles. The molecule has 6 nitrogen and oxygen atoms in total. The van der Waals surface area contributed by atoms with Crippen LogP contribution < -0.4 is 9.64 Å². The predicted molar refractivity (Wildman–Crippen MR) is 94.7 cm³/mol. The zero-order chi connectivity index (χ0) is 17.0. The summed E-state index contributed by atoms with van der Waals surface area (Å²) in [6.07, 6.45) is 4.83. The summed E-state index contributed by atoms with van der Waals surface area (Å²) >= 11 is 0. The molecule has 1 fully saturated rings. The Bertz CT molecular complexity index is 490. The lowest BCUT2D eigenvalue weighted by Crippen LogP contribution is -2.36. The molecule has 1 heterocycles. The molecule has 2 rings (SSSR count). The molecule has 0 bridgehead atoms. The third-order valence-corrected chi connectivity index (χ3v) is 4.07. The van der Waals surface area contributed by atoms with Crippen LogP contribution in [-0.4, -0.2) is 46.1 Å². The summed E-state index contributed by atoms with van der Waals surface area (Å²) in [5.41, 5.74) is 8.93. The van der Waals surface area contributed by atoms with Gasteiger partial charge in [0.2, 0.25) is 0 Å². The Labute approximate surface area is 144 Å². The molecule has 0 aliphatic carbocycles. The summed E-state index contributed by atoms with van der Waals surface area (Å²) < 4.78 is 16.8. The Hall–Kier alpha value is -1.66. The topological polar surface area (TPSA) is 67.1 Å². The van der Waals surface area contributed by atoms with Gasteiger partial charge in [-0.3, -0.25) is 0 Å². The van der Waals surface area contributed by atoms with Crippen molar-refractivity contribution in [2.24, 2.45) is 5.11 Å². The molecular formula is C18H29N3O3. The van der Waals surface area contributed by atoms with Gasteiger partial charge in [-0.25, -0.2) is 5.53 Å². The normalized spacial score (nSPS) is 14.6. The first-order chi connectivity index (χ1) is 11.8. The highest BCUT2D eigenvalue weighted by Crippen LogP contribution is 2.32. The molecule has 134 valence electrons. The van der Waals surface area contributed by atoms with Crippen LogP contribution >= 0.6 is 0 Å². The second-order valence-corrected chi connectivity index (χ2v) is 5.88. The van der Waals surface area contributed by atoms with Crippen LogP contribution in [0.2, 0.25) is 0 Å². The van der Waals surface area contributed by atoms with Crippen molar-refractivity contribution in [3.63, 3.8) is 0 Å². The monoisotopic (exact) mass is 335 g/mol. The number of unbranched alkanes of at least 4 members (excludes halogenated alkanes) is 3. The summed E-state index contributed by atoms with van der Waals surface area (Å²) in [5.74, 6) is 0.642. The molecule has 6 heteroatoms. The number of benzene rings is 1. The Kier molecular flexibility index (Phi) is 8.55. The van der Waals surface area contributed by atoms with Crippen molar-refractivity contribution < 1.29 is 14.2 Å². The minimum Gasteiger partial charge on any atom is -0.489 e. The van der Waals surface area contributed by atoms with Crippen molar-refractivity contribution in [1.82, 2.24) is 0 Å². The lowest BCUT2D eigenvalue weighted by atomic mass is 10.2. The summed E-state index contributed by atoms with van der Waals surface area (Å²) in [6.45, 7) is 7.25. The van der Waals surface area contributed by atoms with Crippen molar-refractivity contribution in [2.45, 2.75) is 32.6 Å². The minimum atomic E-state index is 0.475. The first-order valence-electron chi connectivity index (χ1n) is 8.90. The summed E-state index contributed by atoms with van der Waals surface area (Å²) in [7, 11) is 0. The predicted octanol–water partition coefficient (Wildman–Crippen LogP) is 4.16. The second-order valence-electron chi connectivity index (χ2n) is 5.88. The standard InChI is InChI=1S/C18H29N3O3/c1-2-3-4-5-10-22-13-14-24-18-15-16(6-7-17(18)20-19)21-8-11-23-12-9-21/h6-7,15,19H,2-5,8-14H2,1H3. The molecule has 0 saturated carbocycles. The number of nitrogens with zero attached hydrogens (tertiary/aromatic N) is 2. The van der Waals surface area contributed by atoms with Gasteiger partial charge in [0.05, 0.1) is 19.8 Å². The molecule has 1 N–H and O–H groups in total.